The summed E-state index contributed by atoms with van der Waals surface area (Å²) in [6.07, 6.45) is 0.754. The Balaban J connectivity index is 3.09. The number of aryl methyl sites for hydroxylation is 1. The number of benzene rings is 1. The normalized spacial score (nSPS) is 10.3. The van der Waals surface area contributed by atoms with E-state index in [4.69, 9.17) is 5.73 Å². The molecule has 2 heteroatoms. The molecule has 0 aliphatic rings. The molecule has 0 saturated heterocycles. The molecule has 0 atom stereocenters. The highest BCUT2D eigenvalue weighted by Crippen LogP contribution is 2.15. The van der Waals surface area contributed by atoms with Crippen molar-refractivity contribution in [1.29, 1.82) is 0 Å². The van der Waals surface area contributed by atoms with Gasteiger partial charge in [0.1, 0.15) is 5.82 Å². The van der Waals surface area contributed by atoms with Gasteiger partial charge in [-0.05, 0) is 49.6 Å². The molecule has 1 aromatic rings. The third-order valence-corrected chi connectivity index (χ3v) is 2.01. The number of rotatable bonds is 2. The maximum Gasteiger partial charge on any atom is 0.126 e. The average Bonchev–Trinajstić information content (AvgIpc) is 2.00. The van der Waals surface area contributed by atoms with Gasteiger partial charge in [0.2, 0.25) is 0 Å². The molecule has 0 saturated carbocycles. The lowest BCUT2D eigenvalue weighted by atomic mass is 10.0. The van der Waals surface area contributed by atoms with Gasteiger partial charge in [0, 0.05) is 0 Å². The third-order valence-electron chi connectivity index (χ3n) is 2.01. The fourth-order valence-corrected chi connectivity index (χ4v) is 1.30. The zero-order chi connectivity index (χ0) is 9.14. The smallest absolute Gasteiger partial charge is 0.126 e. The van der Waals surface area contributed by atoms with Gasteiger partial charge >= 0.3 is 0 Å². The van der Waals surface area contributed by atoms with Gasteiger partial charge in [-0.3, -0.25) is 0 Å². The number of halogens is 1. The van der Waals surface area contributed by atoms with Crippen molar-refractivity contribution < 1.29 is 4.39 Å². The van der Waals surface area contributed by atoms with Crippen molar-refractivity contribution in [2.24, 2.45) is 5.73 Å². The van der Waals surface area contributed by atoms with Crippen molar-refractivity contribution in [1.82, 2.24) is 0 Å². The van der Waals surface area contributed by atoms with Crippen molar-refractivity contribution in [3.63, 3.8) is 0 Å². The monoisotopic (exact) mass is 167 g/mol. The predicted molar refractivity (Wildman–Crippen MR) is 48.6 cm³/mol. The predicted octanol–water partition coefficient (Wildman–Crippen LogP) is 1.94. The molecule has 2 N–H and O–H groups in total. The van der Waals surface area contributed by atoms with Crippen LogP contribution in [0.1, 0.15) is 16.7 Å². The van der Waals surface area contributed by atoms with Gasteiger partial charge in [0.25, 0.3) is 0 Å². The number of hydrogen-bond donors (Lipinski definition) is 1. The highest BCUT2D eigenvalue weighted by molar-refractivity contribution is 5.32. The minimum Gasteiger partial charge on any atom is -0.330 e. The summed E-state index contributed by atoms with van der Waals surface area (Å²) in [7, 11) is 0. The van der Waals surface area contributed by atoms with Crippen LogP contribution in [0.25, 0.3) is 0 Å². The molecule has 0 radical (unpaired) electrons. The fraction of sp³-hybridized carbons (Fsp3) is 0.400. The summed E-state index contributed by atoms with van der Waals surface area (Å²) in [5, 5.41) is 0. The Kier molecular flexibility index (Phi) is 2.82. The maximum absolute atomic E-state index is 13.1. The van der Waals surface area contributed by atoms with Crippen LogP contribution in [-0.4, -0.2) is 6.54 Å². The van der Waals surface area contributed by atoms with Gasteiger partial charge in [-0.2, -0.15) is 0 Å². The SMILES string of the molecule is Cc1cc(F)c(C)c(CCN)c1. The molecular weight excluding hydrogens is 153 g/mol. The van der Waals surface area contributed by atoms with Crippen molar-refractivity contribution >= 4 is 0 Å². The third kappa shape index (κ3) is 1.83. The van der Waals surface area contributed by atoms with Gasteiger partial charge in [-0.15, -0.1) is 0 Å². The minimum absolute atomic E-state index is 0.126. The Morgan fingerprint density at radius 1 is 1.33 bits per heavy atom. The van der Waals surface area contributed by atoms with E-state index in [0.717, 1.165) is 23.1 Å². The number of hydrogen-bond acceptors (Lipinski definition) is 1. The van der Waals surface area contributed by atoms with E-state index in [1.807, 2.05) is 13.0 Å². The lowest BCUT2D eigenvalue weighted by Crippen LogP contribution is -2.05. The summed E-state index contributed by atoms with van der Waals surface area (Å²) in [6.45, 7) is 4.26. The first-order valence-electron chi connectivity index (χ1n) is 4.11. The van der Waals surface area contributed by atoms with Gasteiger partial charge in [-0.1, -0.05) is 6.07 Å². The van der Waals surface area contributed by atoms with Gasteiger partial charge in [0.05, 0.1) is 0 Å². The standard InChI is InChI=1S/C10H14FN/c1-7-5-9(3-4-12)8(2)10(11)6-7/h5-6H,3-4,12H2,1-2H3. The zero-order valence-corrected chi connectivity index (χ0v) is 7.52. The molecule has 12 heavy (non-hydrogen) atoms. The summed E-state index contributed by atoms with van der Waals surface area (Å²) in [5.74, 6) is -0.126. The van der Waals surface area contributed by atoms with Crippen LogP contribution < -0.4 is 5.73 Å². The Morgan fingerprint density at radius 2 is 2.00 bits per heavy atom. The van der Waals surface area contributed by atoms with Crippen LogP contribution in [0.3, 0.4) is 0 Å². The molecule has 0 aliphatic heterocycles. The summed E-state index contributed by atoms with van der Waals surface area (Å²) in [5.41, 5.74) is 8.12. The first-order valence-corrected chi connectivity index (χ1v) is 4.11. The second kappa shape index (κ2) is 3.68. The topological polar surface area (TPSA) is 26.0 Å². The molecule has 0 heterocycles. The summed E-state index contributed by atoms with van der Waals surface area (Å²) >= 11 is 0. The van der Waals surface area contributed by atoms with Crippen LogP contribution in [0.15, 0.2) is 12.1 Å². The lowest BCUT2D eigenvalue weighted by molar-refractivity contribution is 0.614. The molecule has 0 aliphatic carbocycles. The molecule has 0 bridgehead atoms. The molecule has 0 spiro atoms. The Bertz CT molecular complexity index is 281. The second-order valence-corrected chi connectivity index (χ2v) is 3.07. The summed E-state index contributed by atoms with van der Waals surface area (Å²) in [6, 6.07) is 3.54. The molecular formula is C10H14FN. The second-order valence-electron chi connectivity index (χ2n) is 3.07. The van der Waals surface area contributed by atoms with E-state index in [2.05, 4.69) is 0 Å². The highest BCUT2D eigenvalue weighted by atomic mass is 19.1. The van der Waals surface area contributed by atoms with Crippen LogP contribution in [0.2, 0.25) is 0 Å². The van der Waals surface area contributed by atoms with Crippen LogP contribution in [0.4, 0.5) is 4.39 Å². The van der Waals surface area contributed by atoms with Crippen LogP contribution in [0, 0.1) is 19.7 Å². The summed E-state index contributed by atoms with van der Waals surface area (Å²) in [4.78, 5) is 0. The molecule has 0 fully saturated rings. The Morgan fingerprint density at radius 3 is 2.58 bits per heavy atom. The van der Waals surface area contributed by atoms with E-state index >= 15 is 0 Å². The largest absolute Gasteiger partial charge is 0.330 e. The van der Waals surface area contributed by atoms with E-state index in [1.54, 1.807) is 13.0 Å². The van der Waals surface area contributed by atoms with Crippen molar-refractivity contribution in [2.75, 3.05) is 6.54 Å². The van der Waals surface area contributed by atoms with Crippen molar-refractivity contribution in [2.45, 2.75) is 20.3 Å². The first-order chi connectivity index (χ1) is 5.65. The lowest BCUT2D eigenvalue weighted by Gasteiger charge is -2.06. The van der Waals surface area contributed by atoms with Crippen molar-refractivity contribution in [3.05, 3.63) is 34.6 Å². The molecule has 0 amide bonds. The van der Waals surface area contributed by atoms with Crippen molar-refractivity contribution in [3.8, 4) is 0 Å². The van der Waals surface area contributed by atoms with Gasteiger partial charge in [0.15, 0.2) is 0 Å². The summed E-state index contributed by atoms with van der Waals surface area (Å²) < 4.78 is 13.1. The van der Waals surface area contributed by atoms with Crippen LogP contribution in [0.5, 0.6) is 0 Å². The van der Waals surface area contributed by atoms with Gasteiger partial charge < -0.3 is 5.73 Å². The highest BCUT2D eigenvalue weighted by Gasteiger charge is 2.03. The Labute approximate surface area is 72.4 Å². The quantitative estimate of drug-likeness (QED) is 0.715. The Hall–Kier alpha value is -0.890. The van der Waals surface area contributed by atoms with Crippen LogP contribution >= 0.6 is 0 Å². The van der Waals surface area contributed by atoms with E-state index in [9.17, 15) is 4.39 Å². The molecule has 1 aromatic carbocycles. The van der Waals surface area contributed by atoms with Crippen LogP contribution in [-0.2, 0) is 6.42 Å². The molecule has 1 nitrogen and oxygen atoms in total. The molecule has 1 rings (SSSR count). The van der Waals surface area contributed by atoms with E-state index in [1.165, 1.54) is 0 Å². The minimum atomic E-state index is -0.126. The molecule has 0 aromatic heterocycles. The fourth-order valence-electron chi connectivity index (χ4n) is 1.30. The first kappa shape index (κ1) is 9.20. The van der Waals surface area contributed by atoms with Gasteiger partial charge in [-0.25, -0.2) is 4.39 Å². The van der Waals surface area contributed by atoms with E-state index in [-0.39, 0.29) is 5.82 Å². The van der Waals surface area contributed by atoms with E-state index < -0.39 is 0 Å². The van der Waals surface area contributed by atoms with E-state index in [0.29, 0.717) is 6.54 Å². The molecule has 0 unspecified atom stereocenters. The number of nitrogens with two attached hydrogens (primary N) is 1. The average molecular weight is 167 g/mol. The molecule has 66 valence electrons. The maximum atomic E-state index is 13.1. The zero-order valence-electron chi connectivity index (χ0n) is 7.52.